The molecule has 2 atom stereocenters. The van der Waals surface area contributed by atoms with E-state index in [0.717, 1.165) is 5.56 Å². The Bertz CT molecular complexity index is 778. The highest BCUT2D eigenvalue weighted by molar-refractivity contribution is 5.77. The smallest absolute Gasteiger partial charge is 0.252 e. The largest absolute Gasteiger partial charge is 0.374 e. The molecule has 1 aliphatic heterocycles. The average Bonchev–Trinajstić information content (AvgIpc) is 3.05. The van der Waals surface area contributed by atoms with E-state index in [9.17, 15) is 4.79 Å². The van der Waals surface area contributed by atoms with Crippen molar-refractivity contribution >= 4 is 5.91 Å². The fourth-order valence-electron chi connectivity index (χ4n) is 3.01. The number of carbonyl (C=O) groups excluding carboxylic acids is 1. The van der Waals surface area contributed by atoms with Crippen LogP contribution in [0.15, 0.2) is 28.8 Å². The summed E-state index contributed by atoms with van der Waals surface area (Å²) < 4.78 is 10.9. The molecular weight excluding hydrogens is 320 g/mol. The van der Waals surface area contributed by atoms with Crippen molar-refractivity contribution < 1.29 is 14.1 Å². The average molecular weight is 340 g/mol. The number of carbonyl (C=O) groups is 1. The van der Waals surface area contributed by atoms with Gasteiger partial charge in [0.05, 0.1) is 24.3 Å². The molecular formula is C18H20N4O3. The quantitative estimate of drug-likeness (QED) is 0.847. The molecule has 1 aliphatic rings. The highest BCUT2D eigenvalue weighted by atomic mass is 16.5. The number of benzene rings is 1. The van der Waals surface area contributed by atoms with E-state index in [1.165, 1.54) is 0 Å². The molecule has 2 heterocycles. The monoisotopic (exact) mass is 340 g/mol. The van der Waals surface area contributed by atoms with Crippen LogP contribution >= 0.6 is 0 Å². The molecule has 1 amide bonds. The number of hydrogen-bond acceptors (Lipinski definition) is 6. The maximum atomic E-state index is 12.8. The summed E-state index contributed by atoms with van der Waals surface area (Å²) >= 11 is 0. The standard InChI is InChI=1S/C18H20N4O3/c1-12-17(18-20-13(2)21-25-18)22(9-10-24-12)16(23)8-7-14-3-5-15(11-19)6-4-14/h3-6,12,17H,7-10H2,1-2H3/t12-,17+/m1/s1. The molecule has 0 saturated carbocycles. The third-order valence-electron chi connectivity index (χ3n) is 4.32. The molecule has 7 nitrogen and oxygen atoms in total. The van der Waals surface area contributed by atoms with E-state index in [1.807, 2.05) is 19.1 Å². The van der Waals surface area contributed by atoms with Gasteiger partial charge in [-0.2, -0.15) is 10.2 Å². The van der Waals surface area contributed by atoms with Crippen molar-refractivity contribution in [2.24, 2.45) is 0 Å². The van der Waals surface area contributed by atoms with Crippen LogP contribution in [0.3, 0.4) is 0 Å². The molecule has 1 saturated heterocycles. The fourth-order valence-corrected chi connectivity index (χ4v) is 3.01. The molecule has 0 unspecified atom stereocenters. The van der Waals surface area contributed by atoms with Gasteiger partial charge in [-0.1, -0.05) is 17.3 Å². The zero-order valence-corrected chi connectivity index (χ0v) is 14.3. The van der Waals surface area contributed by atoms with Gasteiger partial charge in [-0.3, -0.25) is 4.79 Å². The minimum atomic E-state index is -0.358. The van der Waals surface area contributed by atoms with Crippen LogP contribution in [-0.4, -0.2) is 40.2 Å². The van der Waals surface area contributed by atoms with Crippen LogP contribution in [0.25, 0.3) is 0 Å². The fraction of sp³-hybridized carbons (Fsp3) is 0.444. The predicted octanol–water partition coefficient (Wildman–Crippen LogP) is 2.17. The van der Waals surface area contributed by atoms with Crippen molar-refractivity contribution in [1.29, 1.82) is 5.26 Å². The Kier molecular flexibility index (Phi) is 5.10. The highest BCUT2D eigenvalue weighted by Gasteiger charge is 2.37. The first-order valence-electron chi connectivity index (χ1n) is 8.29. The van der Waals surface area contributed by atoms with Crippen LogP contribution in [0.2, 0.25) is 0 Å². The van der Waals surface area contributed by atoms with E-state index in [1.54, 1.807) is 24.0 Å². The molecule has 130 valence electrons. The van der Waals surface area contributed by atoms with Crippen LogP contribution in [0.5, 0.6) is 0 Å². The number of nitriles is 1. The SMILES string of the molecule is Cc1noc([C@@H]2[C@@H](C)OCCN2C(=O)CCc2ccc(C#N)cc2)n1. The summed E-state index contributed by atoms with van der Waals surface area (Å²) in [6, 6.07) is 9.02. The van der Waals surface area contributed by atoms with E-state index in [-0.39, 0.29) is 18.1 Å². The van der Waals surface area contributed by atoms with Crippen molar-refractivity contribution in [1.82, 2.24) is 15.0 Å². The van der Waals surface area contributed by atoms with Crippen molar-refractivity contribution in [3.05, 3.63) is 47.1 Å². The Hall–Kier alpha value is -2.72. The zero-order chi connectivity index (χ0) is 17.8. The van der Waals surface area contributed by atoms with E-state index < -0.39 is 0 Å². The van der Waals surface area contributed by atoms with Gasteiger partial charge >= 0.3 is 0 Å². The minimum absolute atomic E-state index is 0.0281. The van der Waals surface area contributed by atoms with Gasteiger partial charge in [0.25, 0.3) is 5.89 Å². The van der Waals surface area contributed by atoms with Crippen LogP contribution in [0.1, 0.15) is 42.2 Å². The van der Waals surface area contributed by atoms with E-state index >= 15 is 0 Å². The Morgan fingerprint density at radius 2 is 2.16 bits per heavy atom. The Morgan fingerprint density at radius 1 is 1.40 bits per heavy atom. The lowest BCUT2D eigenvalue weighted by Gasteiger charge is -2.37. The third-order valence-corrected chi connectivity index (χ3v) is 4.32. The molecule has 1 fully saturated rings. The van der Waals surface area contributed by atoms with Gasteiger partial charge in [-0.15, -0.1) is 0 Å². The topological polar surface area (TPSA) is 92.3 Å². The van der Waals surface area contributed by atoms with Crippen LogP contribution < -0.4 is 0 Å². The van der Waals surface area contributed by atoms with Gasteiger partial charge in [0, 0.05) is 13.0 Å². The van der Waals surface area contributed by atoms with Gasteiger partial charge in [0.15, 0.2) is 5.82 Å². The summed E-state index contributed by atoms with van der Waals surface area (Å²) in [6.45, 7) is 4.65. The lowest BCUT2D eigenvalue weighted by molar-refractivity contribution is -0.147. The maximum Gasteiger partial charge on any atom is 0.252 e. The Balaban J connectivity index is 1.69. The van der Waals surface area contributed by atoms with Crippen LogP contribution in [0, 0.1) is 18.3 Å². The van der Waals surface area contributed by atoms with Crippen molar-refractivity contribution in [3.8, 4) is 6.07 Å². The molecule has 1 aromatic carbocycles. The second kappa shape index (κ2) is 7.45. The number of ether oxygens (including phenoxy) is 1. The van der Waals surface area contributed by atoms with Gasteiger partial charge in [0.1, 0.15) is 6.04 Å². The number of nitrogens with zero attached hydrogens (tertiary/aromatic N) is 4. The maximum absolute atomic E-state index is 12.8. The van der Waals surface area contributed by atoms with E-state index in [2.05, 4.69) is 16.2 Å². The second-order valence-electron chi connectivity index (χ2n) is 6.10. The molecule has 0 N–H and O–H groups in total. The first-order valence-corrected chi connectivity index (χ1v) is 8.29. The summed E-state index contributed by atoms with van der Waals surface area (Å²) in [7, 11) is 0. The number of hydrogen-bond donors (Lipinski definition) is 0. The molecule has 0 spiro atoms. The van der Waals surface area contributed by atoms with Crippen molar-refractivity contribution in [3.63, 3.8) is 0 Å². The second-order valence-corrected chi connectivity index (χ2v) is 6.10. The molecule has 3 rings (SSSR count). The number of morpholine rings is 1. The Labute approximate surface area is 146 Å². The normalized spacial score (nSPS) is 20.3. The summed E-state index contributed by atoms with van der Waals surface area (Å²) in [5, 5.41) is 12.7. The van der Waals surface area contributed by atoms with Crippen molar-refractivity contribution in [2.75, 3.05) is 13.2 Å². The zero-order valence-electron chi connectivity index (χ0n) is 14.3. The van der Waals surface area contributed by atoms with Crippen molar-refractivity contribution in [2.45, 2.75) is 38.8 Å². The van der Waals surface area contributed by atoms with Gasteiger partial charge in [-0.05, 0) is 38.0 Å². The number of aromatic nitrogens is 2. The van der Waals surface area contributed by atoms with Crippen LogP contribution in [0.4, 0.5) is 0 Å². The summed E-state index contributed by atoms with van der Waals surface area (Å²) in [5.74, 6) is 0.981. The first kappa shape index (κ1) is 17.1. The Morgan fingerprint density at radius 3 is 2.80 bits per heavy atom. The molecule has 0 aliphatic carbocycles. The first-order chi connectivity index (χ1) is 12.1. The molecule has 2 aromatic rings. The summed E-state index contributed by atoms with van der Waals surface area (Å²) in [5.41, 5.74) is 1.64. The van der Waals surface area contributed by atoms with Gasteiger partial charge in [0.2, 0.25) is 5.91 Å². The lowest BCUT2D eigenvalue weighted by Crippen LogP contribution is -2.47. The van der Waals surface area contributed by atoms with Crippen LogP contribution in [-0.2, 0) is 16.0 Å². The molecule has 1 aromatic heterocycles. The summed E-state index contributed by atoms with van der Waals surface area (Å²) in [6.07, 6.45) is 0.793. The van der Waals surface area contributed by atoms with Gasteiger partial charge < -0.3 is 14.2 Å². The summed E-state index contributed by atoms with van der Waals surface area (Å²) in [4.78, 5) is 18.8. The molecule has 7 heteroatoms. The highest BCUT2D eigenvalue weighted by Crippen LogP contribution is 2.29. The van der Waals surface area contributed by atoms with E-state index in [4.69, 9.17) is 14.5 Å². The minimum Gasteiger partial charge on any atom is -0.374 e. The molecule has 0 radical (unpaired) electrons. The number of aryl methyl sites for hydroxylation is 2. The molecule has 0 bridgehead atoms. The number of rotatable bonds is 4. The number of amides is 1. The lowest BCUT2D eigenvalue weighted by atomic mass is 10.0. The molecule has 25 heavy (non-hydrogen) atoms. The van der Waals surface area contributed by atoms with Gasteiger partial charge in [-0.25, -0.2) is 0 Å². The predicted molar refractivity (Wildman–Crippen MR) is 88.4 cm³/mol. The third kappa shape index (κ3) is 3.86. The van der Waals surface area contributed by atoms with E-state index in [0.29, 0.717) is 43.3 Å².